The summed E-state index contributed by atoms with van der Waals surface area (Å²) in [6, 6.07) is 4.49. The van der Waals surface area contributed by atoms with Gasteiger partial charge in [0.25, 0.3) is 0 Å². The first-order valence-electron chi connectivity index (χ1n) is 16.0. The summed E-state index contributed by atoms with van der Waals surface area (Å²) in [4.78, 5) is 33.8. The number of aromatic amines is 2. The number of nitrogens with one attached hydrogen (secondary N) is 2. The van der Waals surface area contributed by atoms with E-state index in [1.165, 1.54) is 24.8 Å². The van der Waals surface area contributed by atoms with Crippen molar-refractivity contribution in [1.82, 2.24) is 30.4 Å². The van der Waals surface area contributed by atoms with Crippen LogP contribution in [0.4, 0.5) is 17.6 Å². The summed E-state index contributed by atoms with van der Waals surface area (Å²) >= 11 is 0. The van der Waals surface area contributed by atoms with E-state index in [0.717, 1.165) is 49.9 Å². The van der Waals surface area contributed by atoms with Gasteiger partial charge in [-0.25, -0.2) is 27.5 Å². The van der Waals surface area contributed by atoms with Crippen LogP contribution in [-0.4, -0.2) is 55.1 Å². The number of carbonyl (C=O) groups is 2. The van der Waals surface area contributed by atoms with E-state index in [-0.39, 0.29) is 22.6 Å². The first kappa shape index (κ1) is 35.6. The second kappa shape index (κ2) is 15.7. The maximum Gasteiger partial charge on any atom is 0.204 e. The first-order valence-corrected chi connectivity index (χ1v) is 16.0. The molecule has 50 heavy (non-hydrogen) atoms. The summed E-state index contributed by atoms with van der Waals surface area (Å²) in [5.41, 5.74) is 0.453. The Morgan fingerprint density at radius 1 is 0.620 bits per heavy atom. The molecular formula is C36H34F4N6O4. The Labute approximate surface area is 284 Å². The Balaban J connectivity index is 0.000000194. The zero-order chi connectivity index (χ0) is 35.9. The number of hydrogen-bond donors (Lipinski definition) is 2. The predicted molar refractivity (Wildman–Crippen MR) is 178 cm³/mol. The van der Waals surface area contributed by atoms with E-state index < -0.39 is 46.0 Å². The molecule has 4 heterocycles. The molecule has 10 nitrogen and oxygen atoms in total. The number of benzene rings is 2. The van der Waals surface area contributed by atoms with Gasteiger partial charge >= 0.3 is 0 Å². The van der Waals surface area contributed by atoms with Gasteiger partial charge in [-0.3, -0.25) is 19.8 Å². The monoisotopic (exact) mass is 690 g/mol. The van der Waals surface area contributed by atoms with Crippen molar-refractivity contribution in [2.75, 3.05) is 13.2 Å². The molecule has 0 spiro atoms. The van der Waals surface area contributed by atoms with Crippen LogP contribution in [0, 0.1) is 37.1 Å². The molecule has 2 aromatic carbocycles. The van der Waals surface area contributed by atoms with Gasteiger partial charge in [0.2, 0.25) is 11.6 Å². The average molecular weight is 691 g/mol. The molecular weight excluding hydrogens is 656 g/mol. The SMILES string of the molecule is CCCCOc1c(C(=O)c2c(F)cc(C)cc2F)cnc2[nH]ncc12.CCCCOc1c(C(=O)c2c(F)cc(C)cc2F)cnc2[nH]ncc12. The van der Waals surface area contributed by atoms with Gasteiger partial charge in [-0.05, 0) is 62.1 Å². The van der Waals surface area contributed by atoms with Crippen LogP contribution in [0.5, 0.6) is 11.5 Å². The van der Waals surface area contributed by atoms with Crippen molar-refractivity contribution in [2.24, 2.45) is 0 Å². The van der Waals surface area contributed by atoms with Gasteiger partial charge in [-0.1, -0.05) is 26.7 Å². The summed E-state index contributed by atoms with van der Waals surface area (Å²) in [7, 11) is 0. The molecule has 4 aromatic heterocycles. The number of hydrogen-bond acceptors (Lipinski definition) is 8. The zero-order valence-electron chi connectivity index (χ0n) is 27.8. The highest BCUT2D eigenvalue weighted by atomic mass is 19.1. The third-order valence-corrected chi connectivity index (χ3v) is 7.67. The summed E-state index contributed by atoms with van der Waals surface area (Å²) in [6.07, 6.45) is 8.83. The lowest BCUT2D eigenvalue weighted by atomic mass is 10.0. The van der Waals surface area contributed by atoms with Crippen molar-refractivity contribution >= 4 is 33.6 Å². The van der Waals surface area contributed by atoms with E-state index in [2.05, 4.69) is 30.4 Å². The second-order valence-electron chi connectivity index (χ2n) is 11.5. The number of fused-ring (bicyclic) bond motifs is 2. The third kappa shape index (κ3) is 7.48. The highest BCUT2D eigenvalue weighted by Gasteiger charge is 2.26. The van der Waals surface area contributed by atoms with Crippen molar-refractivity contribution in [3.63, 3.8) is 0 Å². The van der Waals surface area contributed by atoms with E-state index in [4.69, 9.17) is 9.47 Å². The van der Waals surface area contributed by atoms with Crippen LogP contribution in [-0.2, 0) is 0 Å². The average Bonchev–Trinajstić information content (AvgIpc) is 3.75. The highest BCUT2D eigenvalue weighted by Crippen LogP contribution is 2.32. The molecule has 0 aliphatic carbocycles. The van der Waals surface area contributed by atoms with Crippen LogP contribution in [0.3, 0.4) is 0 Å². The lowest BCUT2D eigenvalue weighted by molar-refractivity contribution is 0.101. The number of rotatable bonds is 12. The summed E-state index contributed by atoms with van der Waals surface area (Å²) < 4.78 is 68.3. The lowest BCUT2D eigenvalue weighted by Crippen LogP contribution is -2.11. The molecule has 0 fully saturated rings. The van der Waals surface area contributed by atoms with Gasteiger partial charge in [0, 0.05) is 12.4 Å². The van der Waals surface area contributed by atoms with Crippen molar-refractivity contribution in [3.8, 4) is 11.5 Å². The Morgan fingerprint density at radius 3 is 1.32 bits per heavy atom. The van der Waals surface area contributed by atoms with Crippen LogP contribution in [0.1, 0.15) is 82.5 Å². The van der Waals surface area contributed by atoms with Gasteiger partial charge in [-0.2, -0.15) is 10.2 Å². The molecule has 2 N–H and O–H groups in total. The molecule has 0 amide bonds. The minimum atomic E-state index is -0.908. The Bertz CT molecular complexity index is 1980. The van der Waals surface area contributed by atoms with Gasteiger partial charge in [0.05, 0.1) is 58.6 Å². The number of H-pyrrole nitrogens is 2. The van der Waals surface area contributed by atoms with Crippen molar-refractivity contribution in [3.05, 3.63) is 106 Å². The zero-order valence-corrected chi connectivity index (χ0v) is 27.8. The maximum atomic E-state index is 14.2. The number of ether oxygens (including phenoxy) is 2. The smallest absolute Gasteiger partial charge is 0.204 e. The largest absolute Gasteiger partial charge is 0.492 e. The van der Waals surface area contributed by atoms with Crippen molar-refractivity contribution in [2.45, 2.75) is 53.4 Å². The molecule has 14 heteroatoms. The third-order valence-electron chi connectivity index (χ3n) is 7.67. The summed E-state index contributed by atoms with van der Waals surface area (Å²) in [6.45, 7) is 7.87. The number of aromatic nitrogens is 6. The molecule has 0 aliphatic rings. The van der Waals surface area contributed by atoms with E-state index in [1.54, 1.807) is 13.8 Å². The van der Waals surface area contributed by atoms with E-state index in [9.17, 15) is 27.2 Å². The van der Waals surface area contributed by atoms with Crippen LogP contribution in [0.25, 0.3) is 22.1 Å². The minimum Gasteiger partial charge on any atom is -0.492 e. The van der Waals surface area contributed by atoms with Crippen molar-refractivity contribution < 1.29 is 36.6 Å². The minimum absolute atomic E-state index is 0.00616. The Kier molecular flexibility index (Phi) is 11.2. The molecule has 0 atom stereocenters. The Morgan fingerprint density at radius 2 is 0.980 bits per heavy atom. The molecule has 0 unspecified atom stereocenters. The molecule has 260 valence electrons. The van der Waals surface area contributed by atoms with E-state index >= 15 is 0 Å². The van der Waals surface area contributed by atoms with Gasteiger partial charge in [0.15, 0.2) is 11.3 Å². The van der Waals surface area contributed by atoms with Gasteiger partial charge in [-0.15, -0.1) is 0 Å². The lowest BCUT2D eigenvalue weighted by Gasteiger charge is -2.12. The topological polar surface area (TPSA) is 136 Å². The first-order chi connectivity index (χ1) is 24.0. The molecule has 6 rings (SSSR count). The molecule has 0 aliphatic heterocycles. The van der Waals surface area contributed by atoms with Crippen LogP contribution >= 0.6 is 0 Å². The Hall–Kier alpha value is -5.66. The number of nitrogens with zero attached hydrogens (tertiary/aromatic N) is 4. The fourth-order valence-electron chi connectivity index (χ4n) is 5.13. The quantitative estimate of drug-likeness (QED) is 0.0752. The second-order valence-corrected chi connectivity index (χ2v) is 11.5. The molecule has 0 radical (unpaired) electrons. The molecule has 0 bridgehead atoms. The number of ketones is 2. The molecule has 0 saturated heterocycles. The maximum absolute atomic E-state index is 14.2. The molecule has 6 aromatic rings. The number of halogens is 4. The standard InChI is InChI=1S/2C18H17F2N3O2/c2*1-3-4-5-25-17-11(8-21-18-12(17)9-22-23-18)16(24)15-13(19)6-10(2)7-14(15)20/h2*6-9H,3-5H2,1-2H3,(H,21,22,23). The number of aryl methyl sites for hydroxylation is 2. The predicted octanol–water partition coefficient (Wildman–Crippen LogP) is 7.91. The molecule has 0 saturated carbocycles. The van der Waals surface area contributed by atoms with Crippen LogP contribution in [0.15, 0.2) is 49.1 Å². The van der Waals surface area contributed by atoms with Gasteiger partial charge in [0.1, 0.15) is 34.8 Å². The number of pyridine rings is 2. The summed E-state index contributed by atoms with van der Waals surface area (Å²) in [5, 5.41) is 14.1. The number of unbranched alkanes of at least 4 members (excludes halogenated alkanes) is 2. The fourth-order valence-corrected chi connectivity index (χ4v) is 5.13. The normalized spacial score (nSPS) is 11.0. The van der Waals surface area contributed by atoms with E-state index in [1.807, 2.05) is 13.8 Å². The number of carbonyl (C=O) groups excluding carboxylic acids is 2. The summed E-state index contributed by atoms with van der Waals surface area (Å²) in [5.74, 6) is -4.78. The fraction of sp³-hybridized carbons (Fsp3) is 0.278. The highest BCUT2D eigenvalue weighted by molar-refractivity contribution is 6.14. The van der Waals surface area contributed by atoms with Gasteiger partial charge < -0.3 is 9.47 Å². The van der Waals surface area contributed by atoms with Crippen LogP contribution < -0.4 is 9.47 Å². The van der Waals surface area contributed by atoms with E-state index in [0.29, 0.717) is 46.4 Å². The van der Waals surface area contributed by atoms with Crippen molar-refractivity contribution in [1.29, 1.82) is 0 Å². The van der Waals surface area contributed by atoms with Crippen LogP contribution in [0.2, 0.25) is 0 Å².